The average Bonchev–Trinajstić information content (AvgIpc) is 2.59. The molecule has 1 aliphatic heterocycles. The van der Waals surface area contributed by atoms with Gasteiger partial charge in [0.15, 0.2) is 0 Å². The minimum Gasteiger partial charge on any atom is -0.468 e. The van der Waals surface area contributed by atoms with Crippen molar-refractivity contribution in [3.8, 4) is 0 Å². The Morgan fingerprint density at radius 3 is 2.65 bits per heavy atom. The molecule has 1 aliphatic rings. The van der Waals surface area contributed by atoms with Crippen LogP contribution in [0.3, 0.4) is 0 Å². The zero-order chi connectivity index (χ0) is 15.2. The van der Waals surface area contributed by atoms with E-state index in [0.29, 0.717) is 12.6 Å². The number of methoxy groups -OCH3 is 1. The van der Waals surface area contributed by atoms with Gasteiger partial charge in [-0.05, 0) is 46.4 Å². The number of hydrogen-bond donors (Lipinski definition) is 1. The van der Waals surface area contributed by atoms with Gasteiger partial charge in [-0.3, -0.25) is 9.69 Å². The number of nitrogens with zero attached hydrogens (tertiary/aromatic N) is 2. The van der Waals surface area contributed by atoms with E-state index in [0.717, 1.165) is 39.0 Å². The molecular weight excluding hydrogens is 254 g/mol. The first-order chi connectivity index (χ1) is 9.46. The fraction of sp³-hybridized carbons (Fsp3) is 0.933. The minimum atomic E-state index is -0.625. The van der Waals surface area contributed by atoms with Gasteiger partial charge in [-0.15, -0.1) is 0 Å². The van der Waals surface area contributed by atoms with Crippen molar-refractivity contribution in [2.75, 3.05) is 46.9 Å². The van der Waals surface area contributed by atoms with Crippen LogP contribution < -0.4 is 5.32 Å². The van der Waals surface area contributed by atoms with E-state index in [9.17, 15) is 4.79 Å². The van der Waals surface area contributed by atoms with Gasteiger partial charge in [0.2, 0.25) is 0 Å². The molecule has 5 nitrogen and oxygen atoms in total. The number of carbonyl (C=O) groups excluding carboxylic acids is 1. The maximum atomic E-state index is 12.1. The Morgan fingerprint density at radius 2 is 2.10 bits per heavy atom. The maximum absolute atomic E-state index is 12.1. The second-order valence-electron chi connectivity index (χ2n) is 6.00. The Labute approximate surface area is 123 Å². The van der Waals surface area contributed by atoms with E-state index in [-0.39, 0.29) is 5.97 Å². The van der Waals surface area contributed by atoms with Gasteiger partial charge >= 0.3 is 5.97 Å². The van der Waals surface area contributed by atoms with Gasteiger partial charge in [-0.25, -0.2) is 0 Å². The molecule has 2 atom stereocenters. The van der Waals surface area contributed by atoms with Crippen molar-refractivity contribution in [2.45, 2.75) is 45.2 Å². The summed E-state index contributed by atoms with van der Waals surface area (Å²) in [7, 11) is 3.64. The van der Waals surface area contributed by atoms with Crippen molar-refractivity contribution in [2.24, 2.45) is 0 Å². The van der Waals surface area contributed by atoms with E-state index in [1.165, 1.54) is 7.11 Å². The molecule has 118 valence electrons. The Morgan fingerprint density at radius 1 is 1.40 bits per heavy atom. The number of nitrogens with one attached hydrogen (secondary N) is 1. The molecule has 0 bridgehead atoms. The van der Waals surface area contributed by atoms with Crippen LogP contribution in [0.5, 0.6) is 0 Å². The standard InChI is InChI=1S/C15H31N3O2/c1-6-13-11-17(4)9-8-10-18(13)12-15(3,16-7-2)14(19)20-5/h13,16H,6-12H2,1-5H3. The van der Waals surface area contributed by atoms with Gasteiger partial charge in [-0.1, -0.05) is 13.8 Å². The summed E-state index contributed by atoms with van der Waals surface area (Å²) in [6, 6.07) is 0.505. The van der Waals surface area contributed by atoms with Gasteiger partial charge in [0.05, 0.1) is 7.11 Å². The van der Waals surface area contributed by atoms with Gasteiger partial charge in [0.1, 0.15) is 5.54 Å². The smallest absolute Gasteiger partial charge is 0.327 e. The number of carbonyl (C=O) groups is 1. The summed E-state index contributed by atoms with van der Waals surface area (Å²) >= 11 is 0. The van der Waals surface area contributed by atoms with Crippen molar-refractivity contribution in [1.82, 2.24) is 15.1 Å². The van der Waals surface area contributed by atoms with Crippen LogP contribution in [-0.2, 0) is 9.53 Å². The predicted octanol–water partition coefficient (Wildman–Crippen LogP) is 0.944. The monoisotopic (exact) mass is 285 g/mol. The van der Waals surface area contributed by atoms with E-state index < -0.39 is 5.54 Å². The lowest BCUT2D eigenvalue weighted by atomic mass is 10.00. The summed E-state index contributed by atoms with van der Waals surface area (Å²) in [5, 5.41) is 3.30. The van der Waals surface area contributed by atoms with Crippen LogP contribution in [-0.4, -0.2) is 74.2 Å². The Bertz CT molecular complexity index is 311. The summed E-state index contributed by atoms with van der Waals surface area (Å²) in [6.07, 6.45) is 2.25. The number of esters is 1. The van der Waals surface area contributed by atoms with Crippen molar-refractivity contribution in [3.05, 3.63) is 0 Å². The van der Waals surface area contributed by atoms with Crippen LogP contribution in [0.2, 0.25) is 0 Å². The Balaban J connectivity index is 2.81. The summed E-state index contributed by atoms with van der Waals surface area (Å²) in [5.74, 6) is -0.174. The Hall–Kier alpha value is -0.650. The molecule has 0 aromatic rings. The van der Waals surface area contributed by atoms with Crippen molar-refractivity contribution >= 4 is 5.97 Å². The van der Waals surface area contributed by atoms with E-state index in [2.05, 4.69) is 29.1 Å². The van der Waals surface area contributed by atoms with Crippen LogP contribution in [0, 0.1) is 0 Å². The normalized spacial score (nSPS) is 24.9. The third-order valence-corrected chi connectivity index (χ3v) is 4.22. The molecule has 1 rings (SSSR count). The molecule has 5 heteroatoms. The van der Waals surface area contributed by atoms with E-state index in [4.69, 9.17) is 4.74 Å². The molecule has 2 unspecified atom stereocenters. The third-order valence-electron chi connectivity index (χ3n) is 4.22. The van der Waals surface area contributed by atoms with Crippen LogP contribution in [0.4, 0.5) is 0 Å². The fourth-order valence-corrected chi connectivity index (χ4v) is 3.10. The van der Waals surface area contributed by atoms with Crippen LogP contribution >= 0.6 is 0 Å². The zero-order valence-electron chi connectivity index (χ0n) is 13.7. The van der Waals surface area contributed by atoms with Gasteiger partial charge in [0.25, 0.3) is 0 Å². The van der Waals surface area contributed by atoms with E-state index in [1.807, 2.05) is 13.8 Å². The third kappa shape index (κ3) is 4.43. The molecule has 0 aromatic carbocycles. The Kier molecular flexibility index (Phi) is 6.92. The fourth-order valence-electron chi connectivity index (χ4n) is 3.10. The summed E-state index contributed by atoms with van der Waals surface area (Å²) in [5.41, 5.74) is -0.625. The molecule has 1 N–H and O–H groups in total. The number of ether oxygens (including phenoxy) is 1. The summed E-state index contributed by atoms with van der Waals surface area (Å²) < 4.78 is 4.99. The lowest BCUT2D eigenvalue weighted by Gasteiger charge is -2.37. The highest BCUT2D eigenvalue weighted by molar-refractivity contribution is 5.80. The predicted molar refractivity (Wildman–Crippen MR) is 81.9 cm³/mol. The molecule has 0 amide bonds. The zero-order valence-corrected chi connectivity index (χ0v) is 13.7. The highest BCUT2D eigenvalue weighted by Gasteiger charge is 2.37. The molecule has 0 aromatic heterocycles. The van der Waals surface area contributed by atoms with Gasteiger partial charge in [0, 0.05) is 19.1 Å². The summed E-state index contributed by atoms with van der Waals surface area (Å²) in [6.45, 7) is 10.9. The first-order valence-electron chi connectivity index (χ1n) is 7.72. The van der Waals surface area contributed by atoms with Crippen molar-refractivity contribution in [3.63, 3.8) is 0 Å². The van der Waals surface area contributed by atoms with E-state index in [1.54, 1.807) is 0 Å². The highest BCUT2D eigenvalue weighted by atomic mass is 16.5. The topological polar surface area (TPSA) is 44.8 Å². The number of hydrogen-bond acceptors (Lipinski definition) is 5. The largest absolute Gasteiger partial charge is 0.468 e. The molecule has 1 saturated heterocycles. The molecule has 1 fully saturated rings. The number of likely N-dealkylation sites (N-methyl/N-ethyl adjacent to an activating group) is 2. The lowest BCUT2D eigenvalue weighted by molar-refractivity contribution is -0.149. The van der Waals surface area contributed by atoms with Crippen molar-refractivity contribution in [1.29, 1.82) is 0 Å². The minimum absolute atomic E-state index is 0.174. The lowest BCUT2D eigenvalue weighted by Crippen LogP contribution is -2.59. The molecule has 20 heavy (non-hydrogen) atoms. The van der Waals surface area contributed by atoms with Crippen molar-refractivity contribution < 1.29 is 9.53 Å². The first-order valence-corrected chi connectivity index (χ1v) is 7.72. The van der Waals surface area contributed by atoms with Gasteiger partial charge < -0.3 is 15.0 Å². The second kappa shape index (κ2) is 7.96. The van der Waals surface area contributed by atoms with Crippen LogP contribution in [0.15, 0.2) is 0 Å². The van der Waals surface area contributed by atoms with Gasteiger partial charge in [-0.2, -0.15) is 0 Å². The summed E-state index contributed by atoms with van der Waals surface area (Å²) in [4.78, 5) is 17.0. The number of rotatable bonds is 6. The van der Waals surface area contributed by atoms with E-state index >= 15 is 0 Å². The molecule has 0 radical (unpaired) electrons. The maximum Gasteiger partial charge on any atom is 0.327 e. The molecular formula is C15H31N3O2. The highest BCUT2D eigenvalue weighted by Crippen LogP contribution is 2.17. The molecule has 0 aliphatic carbocycles. The second-order valence-corrected chi connectivity index (χ2v) is 6.00. The van der Waals surface area contributed by atoms with Crippen LogP contribution in [0.25, 0.3) is 0 Å². The first kappa shape index (κ1) is 17.4. The molecule has 1 heterocycles. The van der Waals surface area contributed by atoms with Crippen LogP contribution in [0.1, 0.15) is 33.6 Å². The molecule has 0 saturated carbocycles. The molecule has 0 spiro atoms. The SMILES string of the molecule is CCNC(C)(CN1CCCN(C)CC1CC)C(=O)OC. The average molecular weight is 285 g/mol. The quantitative estimate of drug-likeness (QED) is 0.736.